The summed E-state index contributed by atoms with van der Waals surface area (Å²) in [4.78, 5) is 4.03. The summed E-state index contributed by atoms with van der Waals surface area (Å²) < 4.78 is 4.99. The van der Waals surface area contributed by atoms with Crippen LogP contribution in [0.5, 0.6) is 0 Å². The van der Waals surface area contributed by atoms with Crippen LogP contribution in [0.1, 0.15) is 19.4 Å². The average molecular weight is 208 g/mol. The first-order valence-corrected chi connectivity index (χ1v) is 5.27. The molecule has 0 unspecified atom stereocenters. The molecule has 0 atom stereocenters. The molecule has 0 radical (unpaired) electrons. The molecule has 0 amide bonds. The van der Waals surface area contributed by atoms with Gasteiger partial charge in [0, 0.05) is 38.0 Å². The molecule has 0 spiro atoms. The second kappa shape index (κ2) is 5.83. The second-order valence-corrected chi connectivity index (χ2v) is 4.29. The first kappa shape index (κ1) is 12.1. The lowest BCUT2D eigenvalue weighted by atomic mass is 9.85. The van der Waals surface area contributed by atoms with Gasteiger partial charge in [0.2, 0.25) is 0 Å². The van der Waals surface area contributed by atoms with E-state index in [1.54, 1.807) is 7.11 Å². The van der Waals surface area contributed by atoms with Crippen LogP contribution < -0.4 is 5.32 Å². The van der Waals surface area contributed by atoms with Gasteiger partial charge in [0.25, 0.3) is 0 Å². The molecule has 84 valence electrons. The summed E-state index contributed by atoms with van der Waals surface area (Å²) in [5.74, 6) is 0. The van der Waals surface area contributed by atoms with Crippen LogP contribution in [0, 0.1) is 0 Å². The maximum atomic E-state index is 4.99. The predicted molar refractivity (Wildman–Crippen MR) is 62.0 cm³/mol. The quantitative estimate of drug-likeness (QED) is 0.721. The average Bonchev–Trinajstić information content (AvgIpc) is 2.26. The summed E-state index contributed by atoms with van der Waals surface area (Å²) in [6.07, 6.45) is 3.68. The Labute approximate surface area is 91.9 Å². The number of hydrogen-bond donors (Lipinski definition) is 1. The summed E-state index contributed by atoms with van der Waals surface area (Å²) in [6.45, 7) is 7.04. The van der Waals surface area contributed by atoms with E-state index in [4.69, 9.17) is 4.74 Å². The van der Waals surface area contributed by atoms with Crippen molar-refractivity contribution in [1.29, 1.82) is 0 Å². The van der Waals surface area contributed by atoms with E-state index in [1.807, 2.05) is 12.4 Å². The lowest BCUT2D eigenvalue weighted by molar-refractivity contribution is 0.197. The molecule has 1 heterocycles. The number of ether oxygens (including phenoxy) is 1. The Morgan fingerprint density at radius 3 is 2.60 bits per heavy atom. The van der Waals surface area contributed by atoms with Crippen molar-refractivity contribution < 1.29 is 4.74 Å². The van der Waals surface area contributed by atoms with Crippen molar-refractivity contribution in [3.05, 3.63) is 30.1 Å². The van der Waals surface area contributed by atoms with Crippen molar-refractivity contribution in [2.75, 3.05) is 26.8 Å². The van der Waals surface area contributed by atoms with Crippen LogP contribution in [0.15, 0.2) is 24.5 Å². The van der Waals surface area contributed by atoms with E-state index >= 15 is 0 Å². The number of pyridine rings is 1. The van der Waals surface area contributed by atoms with E-state index < -0.39 is 0 Å². The number of nitrogens with one attached hydrogen (secondary N) is 1. The zero-order valence-electron chi connectivity index (χ0n) is 9.79. The molecule has 1 aromatic heterocycles. The molecule has 1 N–H and O–H groups in total. The van der Waals surface area contributed by atoms with Crippen LogP contribution in [0.25, 0.3) is 0 Å². The Kier molecular flexibility index (Phi) is 4.72. The normalized spacial score (nSPS) is 11.7. The van der Waals surface area contributed by atoms with Gasteiger partial charge in [0.05, 0.1) is 6.61 Å². The molecule has 0 aliphatic rings. The molecule has 0 saturated heterocycles. The molecule has 3 heteroatoms. The molecule has 15 heavy (non-hydrogen) atoms. The van der Waals surface area contributed by atoms with Crippen molar-refractivity contribution in [3.8, 4) is 0 Å². The van der Waals surface area contributed by atoms with Crippen molar-refractivity contribution in [2.45, 2.75) is 19.3 Å². The molecule has 0 aliphatic carbocycles. The Morgan fingerprint density at radius 1 is 1.33 bits per heavy atom. The van der Waals surface area contributed by atoms with Gasteiger partial charge in [0.15, 0.2) is 0 Å². The van der Waals surface area contributed by atoms with Crippen LogP contribution in [-0.2, 0) is 10.2 Å². The third-order valence-corrected chi connectivity index (χ3v) is 2.51. The zero-order valence-corrected chi connectivity index (χ0v) is 9.79. The molecule has 0 aromatic carbocycles. The third-order valence-electron chi connectivity index (χ3n) is 2.51. The minimum absolute atomic E-state index is 0.136. The van der Waals surface area contributed by atoms with Crippen molar-refractivity contribution in [3.63, 3.8) is 0 Å². The molecule has 0 saturated carbocycles. The van der Waals surface area contributed by atoms with Crippen molar-refractivity contribution in [1.82, 2.24) is 10.3 Å². The molecule has 1 rings (SSSR count). The van der Waals surface area contributed by atoms with Gasteiger partial charge >= 0.3 is 0 Å². The summed E-state index contributed by atoms with van der Waals surface area (Å²) >= 11 is 0. The second-order valence-electron chi connectivity index (χ2n) is 4.29. The van der Waals surface area contributed by atoms with Gasteiger partial charge in [-0.2, -0.15) is 0 Å². The van der Waals surface area contributed by atoms with Crippen molar-refractivity contribution >= 4 is 0 Å². The minimum Gasteiger partial charge on any atom is -0.383 e. The van der Waals surface area contributed by atoms with Gasteiger partial charge in [-0.15, -0.1) is 0 Å². The number of hydrogen-bond acceptors (Lipinski definition) is 3. The third kappa shape index (κ3) is 3.98. The number of rotatable bonds is 6. The van der Waals surface area contributed by atoms with E-state index in [-0.39, 0.29) is 5.41 Å². The highest BCUT2D eigenvalue weighted by atomic mass is 16.5. The molecule has 0 aliphatic heterocycles. The molecule has 3 nitrogen and oxygen atoms in total. The fourth-order valence-electron chi connectivity index (χ4n) is 1.48. The maximum absolute atomic E-state index is 4.99. The van der Waals surface area contributed by atoms with Gasteiger partial charge < -0.3 is 10.1 Å². The molecule has 0 bridgehead atoms. The number of aromatic nitrogens is 1. The highest BCUT2D eigenvalue weighted by Crippen LogP contribution is 2.20. The maximum Gasteiger partial charge on any atom is 0.0587 e. The first-order valence-electron chi connectivity index (χ1n) is 5.27. The van der Waals surface area contributed by atoms with Crippen LogP contribution in [0.4, 0.5) is 0 Å². The highest BCUT2D eigenvalue weighted by molar-refractivity contribution is 5.20. The molecule has 0 fully saturated rings. The number of methoxy groups -OCH3 is 1. The standard InChI is InChI=1S/C12H20N2O/c1-12(2,10-14-8-9-15-3)11-4-6-13-7-5-11/h4-7,14H,8-10H2,1-3H3. The predicted octanol–water partition coefficient (Wildman–Crippen LogP) is 1.60. The molecular formula is C12H20N2O. The summed E-state index contributed by atoms with van der Waals surface area (Å²) in [7, 11) is 1.72. The van der Waals surface area contributed by atoms with Crippen LogP contribution in [0.2, 0.25) is 0 Å². The Morgan fingerprint density at radius 2 is 2.00 bits per heavy atom. The number of nitrogens with zero attached hydrogens (tertiary/aromatic N) is 1. The van der Waals surface area contributed by atoms with Crippen LogP contribution in [0.3, 0.4) is 0 Å². The Hall–Kier alpha value is -0.930. The summed E-state index contributed by atoms with van der Waals surface area (Å²) in [5.41, 5.74) is 1.44. The van der Waals surface area contributed by atoms with Crippen LogP contribution >= 0.6 is 0 Å². The van der Waals surface area contributed by atoms with Gasteiger partial charge in [-0.25, -0.2) is 0 Å². The highest BCUT2D eigenvalue weighted by Gasteiger charge is 2.19. The lowest BCUT2D eigenvalue weighted by Crippen LogP contribution is -2.34. The Balaban J connectivity index is 2.45. The smallest absolute Gasteiger partial charge is 0.0587 e. The first-order chi connectivity index (χ1) is 7.17. The topological polar surface area (TPSA) is 34.1 Å². The van der Waals surface area contributed by atoms with Crippen molar-refractivity contribution in [2.24, 2.45) is 0 Å². The van der Waals surface area contributed by atoms with E-state index in [1.165, 1.54) is 5.56 Å². The largest absolute Gasteiger partial charge is 0.383 e. The monoisotopic (exact) mass is 208 g/mol. The summed E-state index contributed by atoms with van der Waals surface area (Å²) in [6, 6.07) is 4.13. The Bertz CT molecular complexity index is 272. The van der Waals surface area contributed by atoms with E-state index in [0.717, 1.165) is 19.7 Å². The van der Waals surface area contributed by atoms with Gasteiger partial charge in [-0.1, -0.05) is 13.8 Å². The molecule has 1 aromatic rings. The molecular weight excluding hydrogens is 188 g/mol. The lowest BCUT2D eigenvalue weighted by Gasteiger charge is -2.25. The minimum atomic E-state index is 0.136. The van der Waals surface area contributed by atoms with Gasteiger partial charge in [-0.05, 0) is 17.7 Å². The van der Waals surface area contributed by atoms with E-state index in [2.05, 4.69) is 36.3 Å². The van der Waals surface area contributed by atoms with E-state index in [9.17, 15) is 0 Å². The fraction of sp³-hybridized carbons (Fsp3) is 0.583. The fourth-order valence-corrected chi connectivity index (χ4v) is 1.48. The van der Waals surface area contributed by atoms with Gasteiger partial charge in [0.1, 0.15) is 0 Å². The summed E-state index contributed by atoms with van der Waals surface area (Å²) in [5, 5.41) is 3.38. The SMILES string of the molecule is COCCNCC(C)(C)c1ccncc1. The zero-order chi connectivity index (χ0) is 11.1. The van der Waals surface area contributed by atoms with Gasteiger partial charge in [-0.3, -0.25) is 4.98 Å². The van der Waals surface area contributed by atoms with Crippen LogP contribution in [-0.4, -0.2) is 31.8 Å². The van der Waals surface area contributed by atoms with E-state index in [0.29, 0.717) is 0 Å².